The van der Waals surface area contributed by atoms with Crippen LogP contribution in [0.4, 0.5) is 0 Å². The van der Waals surface area contributed by atoms with E-state index < -0.39 is 0 Å². The van der Waals surface area contributed by atoms with Crippen LogP contribution in [0, 0.1) is 11.3 Å². The van der Waals surface area contributed by atoms with E-state index in [1.807, 2.05) is 0 Å². The third-order valence-corrected chi connectivity index (χ3v) is 1.81. The highest BCUT2D eigenvalue weighted by Crippen LogP contribution is 1.92. The van der Waals surface area contributed by atoms with Crippen LogP contribution in [0.25, 0.3) is 0 Å². The number of hydrazine groups is 1. The number of ether oxygens (including phenoxy) is 1. The standard InChI is InChI=1S/C8H15N3O/c9-3-1-2-4-10-11-5-7-12-8-6-11/h10H,1-2,4-8H2. The maximum absolute atomic E-state index is 8.29. The molecule has 68 valence electrons. The summed E-state index contributed by atoms with van der Waals surface area (Å²) in [5.74, 6) is 0. The van der Waals surface area contributed by atoms with Crippen LogP contribution in [0.15, 0.2) is 0 Å². The van der Waals surface area contributed by atoms with Crippen molar-refractivity contribution in [3.63, 3.8) is 0 Å². The van der Waals surface area contributed by atoms with Crippen molar-refractivity contribution >= 4 is 0 Å². The number of nitriles is 1. The van der Waals surface area contributed by atoms with E-state index in [4.69, 9.17) is 10.00 Å². The lowest BCUT2D eigenvalue weighted by Crippen LogP contribution is -2.45. The molecule has 1 heterocycles. The number of nitrogens with zero attached hydrogens (tertiary/aromatic N) is 2. The van der Waals surface area contributed by atoms with Gasteiger partial charge in [-0.15, -0.1) is 0 Å². The molecule has 0 atom stereocenters. The largest absolute Gasteiger partial charge is 0.379 e. The lowest BCUT2D eigenvalue weighted by atomic mass is 10.3. The SMILES string of the molecule is N#CCCCNN1CCOCC1. The molecule has 0 unspecified atom stereocenters. The molecule has 0 aliphatic carbocycles. The number of rotatable bonds is 4. The minimum atomic E-state index is 0.636. The van der Waals surface area contributed by atoms with Crippen LogP contribution < -0.4 is 5.43 Å². The van der Waals surface area contributed by atoms with Gasteiger partial charge in [-0.2, -0.15) is 5.26 Å². The van der Waals surface area contributed by atoms with E-state index in [9.17, 15) is 0 Å². The zero-order valence-electron chi connectivity index (χ0n) is 7.25. The summed E-state index contributed by atoms with van der Waals surface area (Å²) in [6, 6.07) is 2.12. The molecule has 1 fully saturated rings. The van der Waals surface area contributed by atoms with Gasteiger partial charge in [0.25, 0.3) is 0 Å². The quantitative estimate of drug-likeness (QED) is 0.608. The summed E-state index contributed by atoms with van der Waals surface area (Å²) >= 11 is 0. The maximum Gasteiger partial charge on any atom is 0.0622 e. The predicted molar refractivity (Wildman–Crippen MR) is 45.2 cm³/mol. The van der Waals surface area contributed by atoms with Gasteiger partial charge in [0.2, 0.25) is 0 Å². The molecule has 12 heavy (non-hydrogen) atoms. The predicted octanol–water partition coefficient (Wildman–Crippen LogP) is 0.127. The van der Waals surface area contributed by atoms with E-state index in [0.29, 0.717) is 6.42 Å². The smallest absolute Gasteiger partial charge is 0.0622 e. The van der Waals surface area contributed by atoms with Gasteiger partial charge in [0.1, 0.15) is 0 Å². The summed E-state index contributed by atoms with van der Waals surface area (Å²) in [5, 5.41) is 10.4. The van der Waals surface area contributed by atoms with Gasteiger partial charge in [-0.25, -0.2) is 5.01 Å². The molecule has 1 saturated heterocycles. The Morgan fingerprint density at radius 3 is 2.83 bits per heavy atom. The second-order valence-corrected chi connectivity index (χ2v) is 2.77. The second-order valence-electron chi connectivity index (χ2n) is 2.77. The number of hydrogen-bond acceptors (Lipinski definition) is 4. The van der Waals surface area contributed by atoms with Crippen molar-refractivity contribution in [3.8, 4) is 6.07 Å². The van der Waals surface area contributed by atoms with Crippen molar-refractivity contribution in [1.82, 2.24) is 10.4 Å². The number of morpholine rings is 1. The van der Waals surface area contributed by atoms with Gasteiger partial charge < -0.3 is 4.74 Å². The van der Waals surface area contributed by atoms with Crippen LogP contribution in [-0.2, 0) is 4.74 Å². The van der Waals surface area contributed by atoms with Crippen LogP contribution in [0.1, 0.15) is 12.8 Å². The molecule has 1 N–H and O–H groups in total. The Hall–Kier alpha value is -0.630. The van der Waals surface area contributed by atoms with Crippen LogP contribution in [0.3, 0.4) is 0 Å². The maximum atomic E-state index is 8.29. The molecule has 0 saturated carbocycles. The minimum absolute atomic E-state index is 0.636. The Bertz CT molecular complexity index is 149. The van der Waals surface area contributed by atoms with E-state index >= 15 is 0 Å². The van der Waals surface area contributed by atoms with Gasteiger partial charge in [-0.3, -0.25) is 5.43 Å². The minimum Gasteiger partial charge on any atom is -0.379 e. The Kier molecular flexibility index (Phi) is 4.69. The first-order valence-corrected chi connectivity index (χ1v) is 4.36. The van der Waals surface area contributed by atoms with E-state index in [1.54, 1.807) is 0 Å². The summed E-state index contributed by atoms with van der Waals surface area (Å²) in [5.41, 5.74) is 3.26. The van der Waals surface area contributed by atoms with E-state index in [2.05, 4.69) is 16.5 Å². The first-order valence-electron chi connectivity index (χ1n) is 4.36. The molecule has 0 aromatic rings. The van der Waals surface area contributed by atoms with Crippen molar-refractivity contribution in [3.05, 3.63) is 0 Å². The zero-order chi connectivity index (χ0) is 8.65. The van der Waals surface area contributed by atoms with Crippen molar-refractivity contribution in [2.24, 2.45) is 0 Å². The molecule has 4 heteroatoms. The van der Waals surface area contributed by atoms with Crippen molar-refractivity contribution < 1.29 is 4.74 Å². The molecule has 0 spiro atoms. The normalized spacial score (nSPS) is 18.9. The highest BCUT2D eigenvalue weighted by Gasteiger charge is 2.07. The topological polar surface area (TPSA) is 48.3 Å². The van der Waals surface area contributed by atoms with Gasteiger partial charge in [0.15, 0.2) is 0 Å². The van der Waals surface area contributed by atoms with E-state index in [1.165, 1.54) is 0 Å². The molecule has 0 amide bonds. The fourth-order valence-corrected chi connectivity index (χ4v) is 1.13. The molecule has 0 radical (unpaired) electrons. The van der Waals surface area contributed by atoms with Gasteiger partial charge in [0, 0.05) is 26.1 Å². The monoisotopic (exact) mass is 169 g/mol. The average molecular weight is 169 g/mol. The molecular weight excluding hydrogens is 154 g/mol. The highest BCUT2D eigenvalue weighted by atomic mass is 16.5. The third kappa shape index (κ3) is 3.67. The van der Waals surface area contributed by atoms with Gasteiger partial charge in [-0.1, -0.05) is 0 Å². The summed E-state index contributed by atoms with van der Waals surface area (Å²) in [7, 11) is 0. The summed E-state index contributed by atoms with van der Waals surface area (Å²) in [4.78, 5) is 0. The summed E-state index contributed by atoms with van der Waals surface area (Å²) in [6.07, 6.45) is 1.56. The molecule has 1 aliphatic rings. The van der Waals surface area contributed by atoms with Gasteiger partial charge in [0.05, 0.1) is 19.3 Å². The van der Waals surface area contributed by atoms with Gasteiger partial charge >= 0.3 is 0 Å². The second kappa shape index (κ2) is 5.95. The molecule has 1 rings (SSSR count). The fraction of sp³-hybridized carbons (Fsp3) is 0.875. The Morgan fingerprint density at radius 2 is 2.17 bits per heavy atom. The van der Waals surface area contributed by atoms with Crippen LogP contribution in [-0.4, -0.2) is 37.9 Å². The Labute approximate surface area is 73.1 Å². The molecule has 4 nitrogen and oxygen atoms in total. The molecular formula is C8H15N3O. The van der Waals surface area contributed by atoms with Gasteiger partial charge in [-0.05, 0) is 6.42 Å². The third-order valence-electron chi connectivity index (χ3n) is 1.81. The van der Waals surface area contributed by atoms with E-state index in [-0.39, 0.29) is 0 Å². The number of hydrogen-bond donors (Lipinski definition) is 1. The lowest BCUT2D eigenvalue weighted by molar-refractivity contribution is 0.0120. The Balaban J connectivity index is 1.95. The average Bonchev–Trinajstić information content (AvgIpc) is 2.14. The molecule has 0 aromatic heterocycles. The Morgan fingerprint density at radius 1 is 1.42 bits per heavy atom. The number of unbranched alkanes of at least 4 members (excludes halogenated alkanes) is 1. The lowest BCUT2D eigenvalue weighted by Gasteiger charge is -2.26. The van der Waals surface area contributed by atoms with Crippen molar-refractivity contribution in [2.75, 3.05) is 32.8 Å². The fourth-order valence-electron chi connectivity index (χ4n) is 1.13. The zero-order valence-corrected chi connectivity index (χ0v) is 7.25. The first-order chi connectivity index (χ1) is 5.93. The number of nitrogens with one attached hydrogen (secondary N) is 1. The summed E-state index contributed by atoms with van der Waals surface area (Å²) < 4.78 is 5.19. The molecule has 0 aromatic carbocycles. The van der Waals surface area contributed by atoms with Crippen molar-refractivity contribution in [1.29, 1.82) is 5.26 Å². The van der Waals surface area contributed by atoms with Crippen LogP contribution >= 0.6 is 0 Å². The highest BCUT2D eigenvalue weighted by molar-refractivity contribution is 4.68. The summed E-state index contributed by atoms with van der Waals surface area (Å²) in [6.45, 7) is 4.42. The molecule has 0 bridgehead atoms. The van der Waals surface area contributed by atoms with Crippen LogP contribution in [0.2, 0.25) is 0 Å². The first kappa shape index (κ1) is 9.46. The van der Waals surface area contributed by atoms with E-state index in [0.717, 1.165) is 39.3 Å². The van der Waals surface area contributed by atoms with Crippen molar-refractivity contribution in [2.45, 2.75) is 12.8 Å². The molecule has 1 aliphatic heterocycles. The van der Waals surface area contributed by atoms with Crippen LogP contribution in [0.5, 0.6) is 0 Å².